The summed E-state index contributed by atoms with van der Waals surface area (Å²) in [4.78, 5) is 15.4. The quantitative estimate of drug-likeness (QED) is 0.507. The minimum absolute atomic E-state index is 0.112. The highest BCUT2D eigenvalue weighted by atomic mass is 32.2. The van der Waals surface area contributed by atoms with Crippen molar-refractivity contribution in [2.24, 2.45) is 0 Å². The Balaban J connectivity index is 3.18. The molecule has 124 valence electrons. The van der Waals surface area contributed by atoms with Gasteiger partial charge in [-0.3, -0.25) is 9.07 Å². The summed E-state index contributed by atoms with van der Waals surface area (Å²) in [5.74, 6) is -1.25. The summed E-state index contributed by atoms with van der Waals surface area (Å²) in [5.41, 5.74) is -1.18. The topological polar surface area (TPSA) is 89.9 Å². The van der Waals surface area contributed by atoms with Crippen molar-refractivity contribution in [3.8, 4) is 0 Å². The first-order valence-electron chi connectivity index (χ1n) is 6.76. The summed E-state index contributed by atoms with van der Waals surface area (Å²) in [6.45, 7) is 8.30. The molecule has 7 heteroatoms. The van der Waals surface area contributed by atoms with E-state index < -0.39 is 27.1 Å². The van der Waals surface area contributed by atoms with Crippen LogP contribution in [0.25, 0.3) is 0 Å². The van der Waals surface area contributed by atoms with Gasteiger partial charge in [-0.05, 0) is 32.4 Å². The predicted molar refractivity (Wildman–Crippen MR) is 82.1 cm³/mol. The minimum Gasteiger partial charge on any atom is -0.295 e. The van der Waals surface area contributed by atoms with Gasteiger partial charge in [0.25, 0.3) is 10.1 Å². The van der Waals surface area contributed by atoms with E-state index in [1.54, 1.807) is 52.8 Å². The molecule has 1 N–H and O–H groups in total. The molecule has 0 fully saturated rings. The highest BCUT2D eigenvalue weighted by Gasteiger charge is 2.34. The second-order valence-electron chi connectivity index (χ2n) is 6.71. The van der Waals surface area contributed by atoms with Crippen LogP contribution >= 0.6 is 0 Å². The highest BCUT2D eigenvalue weighted by molar-refractivity contribution is 7.86. The molecule has 0 bridgehead atoms. The Kier molecular flexibility index (Phi) is 5.38. The van der Waals surface area contributed by atoms with E-state index in [-0.39, 0.29) is 11.3 Å². The zero-order valence-corrected chi connectivity index (χ0v) is 14.2. The van der Waals surface area contributed by atoms with Crippen LogP contribution in [0, 0.1) is 0 Å². The lowest BCUT2D eigenvalue weighted by atomic mass is 9.83. The van der Waals surface area contributed by atoms with E-state index in [0.717, 1.165) is 0 Å². The lowest BCUT2D eigenvalue weighted by Gasteiger charge is -2.28. The number of rotatable bonds is 5. The Bertz CT molecular complexity index is 640. The Morgan fingerprint density at radius 2 is 1.68 bits per heavy atom. The molecule has 0 spiro atoms. The van der Waals surface area contributed by atoms with Gasteiger partial charge in [0, 0.05) is 5.41 Å². The Morgan fingerprint density at radius 3 is 2.18 bits per heavy atom. The maximum atomic E-state index is 12.2. The fraction of sp³-hybridized carbons (Fsp3) is 0.533. The minimum atomic E-state index is -3.81. The average Bonchev–Trinajstić information content (AvgIpc) is 2.33. The second-order valence-corrected chi connectivity index (χ2v) is 8.28. The first-order valence-corrected chi connectivity index (χ1v) is 8.34. The summed E-state index contributed by atoms with van der Waals surface area (Å²) in [5, 5.41) is 8.57. The summed E-state index contributed by atoms with van der Waals surface area (Å²) < 4.78 is 29.5. The van der Waals surface area contributed by atoms with E-state index in [9.17, 15) is 13.2 Å². The largest absolute Gasteiger partial charge is 0.373 e. The van der Waals surface area contributed by atoms with Crippen LogP contribution in [0.1, 0.15) is 50.5 Å². The molecule has 0 saturated carbocycles. The Hall–Kier alpha value is -1.44. The van der Waals surface area contributed by atoms with E-state index in [1.807, 2.05) is 0 Å². The van der Waals surface area contributed by atoms with Gasteiger partial charge in [0.2, 0.25) is 0 Å². The van der Waals surface area contributed by atoms with Crippen molar-refractivity contribution < 1.29 is 27.5 Å². The normalized spacial score (nSPS) is 13.0. The summed E-state index contributed by atoms with van der Waals surface area (Å²) in [6, 6.07) is 6.38. The standard InChI is InChI=1S/C15H22O6S/c1-14(2,3)21-22(18,19)10-15(4,5)12-9-7-6-8-11(12)13(16)20-17/h6-9,17H,10H2,1-5H3. The third-order valence-electron chi connectivity index (χ3n) is 2.87. The van der Waals surface area contributed by atoms with Gasteiger partial charge < -0.3 is 0 Å². The van der Waals surface area contributed by atoms with Gasteiger partial charge in [-0.1, -0.05) is 32.0 Å². The van der Waals surface area contributed by atoms with Crippen LogP contribution in [0.3, 0.4) is 0 Å². The number of carbonyl (C=O) groups is 1. The van der Waals surface area contributed by atoms with E-state index >= 15 is 0 Å². The highest BCUT2D eigenvalue weighted by Crippen LogP contribution is 2.30. The van der Waals surface area contributed by atoms with Crippen molar-refractivity contribution in [1.82, 2.24) is 0 Å². The molecule has 0 heterocycles. The molecule has 0 unspecified atom stereocenters. The zero-order valence-electron chi connectivity index (χ0n) is 13.4. The molecule has 0 aromatic heterocycles. The summed E-state index contributed by atoms with van der Waals surface area (Å²) >= 11 is 0. The van der Waals surface area contributed by atoms with Gasteiger partial charge in [0.15, 0.2) is 0 Å². The van der Waals surface area contributed by atoms with E-state index in [1.165, 1.54) is 6.07 Å². The van der Waals surface area contributed by atoms with Crippen molar-refractivity contribution >= 4 is 16.1 Å². The lowest BCUT2D eigenvalue weighted by Crippen LogP contribution is -2.35. The third-order valence-corrected chi connectivity index (χ3v) is 4.70. The van der Waals surface area contributed by atoms with Crippen molar-refractivity contribution in [2.45, 2.75) is 45.6 Å². The van der Waals surface area contributed by atoms with Crippen LogP contribution in [0.4, 0.5) is 0 Å². The van der Waals surface area contributed by atoms with Gasteiger partial charge >= 0.3 is 5.97 Å². The van der Waals surface area contributed by atoms with Gasteiger partial charge in [0.05, 0.1) is 16.9 Å². The van der Waals surface area contributed by atoms with Crippen LogP contribution in [0.15, 0.2) is 24.3 Å². The van der Waals surface area contributed by atoms with Gasteiger partial charge in [-0.2, -0.15) is 13.7 Å². The first kappa shape index (κ1) is 18.6. The molecular weight excluding hydrogens is 308 g/mol. The monoisotopic (exact) mass is 330 g/mol. The summed E-state index contributed by atoms with van der Waals surface area (Å²) in [6.07, 6.45) is 0. The number of hydrogen-bond donors (Lipinski definition) is 1. The Morgan fingerprint density at radius 1 is 1.14 bits per heavy atom. The number of hydrogen-bond acceptors (Lipinski definition) is 6. The third kappa shape index (κ3) is 5.08. The predicted octanol–water partition coefficient (Wildman–Crippen LogP) is 2.74. The first-order chi connectivity index (χ1) is 9.88. The summed E-state index contributed by atoms with van der Waals surface area (Å²) in [7, 11) is -3.81. The molecule has 0 amide bonds. The molecule has 0 atom stereocenters. The van der Waals surface area contributed by atoms with E-state index in [0.29, 0.717) is 5.56 Å². The SMILES string of the molecule is CC(C)(C)OS(=O)(=O)CC(C)(C)c1ccccc1C(=O)OO. The van der Waals surface area contributed by atoms with Gasteiger partial charge in [-0.25, -0.2) is 4.79 Å². The second kappa shape index (κ2) is 6.36. The van der Waals surface area contributed by atoms with Crippen LogP contribution in [-0.4, -0.2) is 31.0 Å². The van der Waals surface area contributed by atoms with E-state index in [4.69, 9.17) is 9.44 Å². The van der Waals surface area contributed by atoms with Crippen LogP contribution in [0.5, 0.6) is 0 Å². The molecule has 1 aromatic carbocycles. The molecule has 22 heavy (non-hydrogen) atoms. The number of carbonyl (C=O) groups excluding carboxylic acids is 1. The molecule has 1 aromatic rings. The smallest absolute Gasteiger partial charge is 0.295 e. The maximum Gasteiger partial charge on any atom is 0.373 e. The molecule has 0 aliphatic rings. The molecule has 0 radical (unpaired) electrons. The zero-order chi connectivity index (χ0) is 17.2. The fourth-order valence-electron chi connectivity index (χ4n) is 2.23. The van der Waals surface area contributed by atoms with Gasteiger partial charge in [-0.15, -0.1) is 0 Å². The van der Waals surface area contributed by atoms with Crippen LogP contribution in [0.2, 0.25) is 0 Å². The molecule has 6 nitrogen and oxygen atoms in total. The van der Waals surface area contributed by atoms with Crippen LogP contribution in [-0.2, 0) is 24.6 Å². The number of benzene rings is 1. The van der Waals surface area contributed by atoms with E-state index in [2.05, 4.69) is 4.89 Å². The molecule has 1 rings (SSSR count). The van der Waals surface area contributed by atoms with Crippen molar-refractivity contribution in [2.75, 3.05) is 5.75 Å². The Labute approximate surface area is 131 Å². The lowest BCUT2D eigenvalue weighted by molar-refractivity contribution is -0.182. The van der Waals surface area contributed by atoms with Crippen LogP contribution < -0.4 is 0 Å². The molecular formula is C15H22O6S. The molecule has 0 aliphatic carbocycles. The van der Waals surface area contributed by atoms with Crippen molar-refractivity contribution in [3.63, 3.8) is 0 Å². The van der Waals surface area contributed by atoms with Gasteiger partial charge in [0.1, 0.15) is 0 Å². The van der Waals surface area contributed by atoms with Crippen molar-refractivity contribution in [3.05, 3.63) is 35.4 Å². The fourth-order valence-corrected chi connectivity index (χ4v) is 4.09. The average molecular weight is 330 g/mol. The van der Waals surface area contributed by atoms with Crippen molar-refractivity contribution in [1.29, 1.82) is 0 Å². The molecule has 0 saturated heterocycles. The molecule has 0 aliphatic heterocycles. The maximum absolute atomic E-state index is 12.2.